The molecule has 2 aromatic rings. The molecule has 0 N–H and O–H groups in total. The van der Waals surface area contributed by atoms with Gasteiger partial charge in [-0.2, -0.15) is 0 Å². The van der Waals surface area contributed by atoms with Gasteiger partial charge in [0.05, 0.1) is 0 Å². The zero-order valence-corrected chi connectivity index (χ0v) is 13.3. The van der Waals surface area contributed by atoms with Crippen molar-refractivity contribution in [3.63, 3.8) is 0 Å². The molecule has 0 radical (unpaired) electrons. The Bertz CT molecular complexity index is 530. The normalized spacial score (nSPS) is 10.3. The van der Waals surface area contributed by atoms with Crippen molar-refractivity contribution in [2.24, 2.45) is 0 Å². The molecule has 0 amide bonds. The topological polar surface area (TPSA) is 26.3 Å². The minimum absolute atomic E-state index is 0.231. The van der Waals surface area contributed by atoms with Crippen molar-refractivity contribution in [1.82, 2.24) is 0 Å². The van der Waals surface area contributed by atoms with Crippen LogP contribution in [0.25, 0.3) is 0 Å². The maximum Gasteiger partial charge on any atom is 0.303 e. The molecular formula is C19H24O2. The van der Waals surface area contributed by atoms with E-state index in [0.717, 1.165) is 6.42 Å². The van der Waals surface area contributed by atoms with E-state index in [1.807, 2.05) is 62.4 Å². The van der Waals surface area contributed by atoms with Crippen molar-refractivity contribution < 1.29 is 9.53 Å². The zero-order valence-electron chi connectivity index (χ0n) is 13.3. The highest BCUT2D eigenvalue weighted by molar-refractivity contribution is 5.66. The zero-order chi connectivity index (χ0) is 15.7. The van der Waals surface area contributed by atoms with Crippen LogP contribution in [0.15, 0.2) is 60.7 Å². The fourth-order valence-electron chi connectivity index (χ4n) is 2.05. The first-order valence-electron chi connectivity index (χ1n) is 7.14. The van der Waals surface area contributed by atoms with Gasteiger partial charge in [-0.15, -0.1) is 0 Å². The number of esters is 1. The van der Waals surface area contributed by atoms with Gasteiger partial charge in [0.1, 0.15) is 5.60 Å². The largest absolute Gasteiger partial charge is 0.460 e. The number of hydrogen-bond acceptors (Lipinski definition) is 2. The van der Waals surface area contributed by atoms with E-state index in [4.69, 9.17) is 4.74 Å². The summed E-state index contributed by atoms with van der Waals surface area (Å²) < 4.78 is 5.20. The third-order valence-electron chi connectivity index (χ3n) is 2.83. The van der Waals surface area contributed by atoms with E-state index in [9.17, 15) is 4.79 Å². The van der Waals surface area contributed by atoms with Crippen molar-refractivity contribution in [2.45, 2.75) is 39.7 Å². The number of carbonyl (C=O) groups is 1. The van der Waals surface area contributed by atoms with Gasteiger partial charge < -0.3 is 4.74 Å². The Labute approximate surface area is 127 Å². The lowest BCUT2D eigenvalue weighted by molar-refractivity contribution is -0.153. The standard InChI is InChI=1S/C12H16O2.C7H8/c1-10(13)14-12(2,3)9-11-7-5-4-6-8-11;1-7-5-3-2-4-6-7/h4-8H,9H2,1-3H3;2-6H,1H3. The quantitative estimate of drug-likeness (QED) is 0.772. The molecule has 112 valence electrons. The molecule has 2 aromatic carbocycles. The third-order valence-corrected chi connectivity index (χ3v) is 2.83. The number of hydrogen-bond donors (Lipinski definition) is 0. The summed E-state index contributed by atoms with van der Waals surface area (Å²) in [5.74, 6) is -0.231. The first kappa shape index (κ1) is 17.0. The minimum Gasteiger partial charge on any atom is -0.460 e. The molecule has 0 saturated carbocycles. The lowest BCUT2D eigenvalue weighted by Gasteiger charge is -2.24. The second-order valence-corrected chi connectivity index (χ2v) is 5.67. The summed E-state index contributed by atoms with van der Waals surface area (Å²) in [7, 11) is 0. The molecule has 0 aromatic heterocycles. The first-order valence-corrected chi connectivity index (χ1v) is 7.14. The highest BCUT2D eigenvalue weighted by Gasteiger charge is 2.21. The van der Waals surface area contributed by atoms with Crippen molar-refractivity contribution in [3.8, 4) is 0 Å². The minimum atomic E-state index is -0.423. The highest BCUT2D eigenvalue weighted by atomic mass is 16.6. The molecule has 21 heavy (non-hydrogen) atoms. The lowest BCUT2D eigenvalue weighted by Crippen LogP contribution is -2.29. The van der Waals surface area contributed by atoms with Crippen LogP contribution in [0.3, 0.4) is 0 Å². The Morgan fingerprint density at radius 1 is 0.952 bits per heavy atom. The summed E-state index contributed by atoms with van der Waals surface area (Å²) in [6.45, 7) is 7.36. The summed E-state index contributed by atoms with van der Waals surface area (Å²) in [6, 6.07) is 20.3. The van der Waals surface area contributed by atoms with Gasteiger partial charge in [0, 0.05) is 13.3 Å². The molecule has 0 atom stereocenters. The summed E-state index contributed by atoms with van der Waals surface area (Å²) in [4.78, 5) is 10.8. The van der Waals surface area contributed by atoms with Crippen LogP contribution in [0.5, 0.6) is 0 Å². The Balaban J connectivity index is 0.000000262. The lowest BCUT2D eigenvalue weighted by atomic mass is 9.98. The van der Waals surface area contributed by atoms with Crippen LogP contribution in [-0.4, -0.2) is 11.6 Å². The molecule has 0 aliphatic rings. The highest BCUT2D eigenvalue weighted by Crippen LogP contribution is 2.16. The molecule has 0 aliphatic carbocycles. The van der Waals surface area contributed by atoms with E-state index in [-0.39, 0.29) is 5.97 Å². The maximum atomic E-state index is 10.8. The second-order valence-electron chi connectivity index (χ2n) is 5.67. The molecule has 2 heteroatoms. The molecule has 0 spiro atoms. The first-order chi connectivity index (χ1) is 9.89. The van der Waals surface area contributed by atoms with Crippen LogP contribution >= 0.6 is 0 Å². The van der Waals surface area contributed by atoms with Crippen LogP contribution < -0.4 is 0 Å². The fraction of sp³-hybridized carbons (Fsp3) is 0.316. The Morgan fingerprint density at radius 2 is 1.43 bits per heavy atom. The van der Waals surface area contributed by atoms with Gasteiger partial charge in [-0.25, -0.2) is 0 Å². The van der Waals surface area contributed by atoms with E-state index in [2.05, 4.69) is 19.1 Å². The average Bonchev–Trinajstić information content (AvgIpc) is 2.39. The van der Waals surface area contributed by atoms with Crippen LogP contribution in [-0.2, 0) is 16.0 Å². The number of carbonyl (C=O) groups excluding carboxylic acids is 1. The van der Waals surface area contributed by atoms with E-state index in [0.29, 0.717) is 0 Å². The van der Waals surface area contributed by atoms with Crippen LogP contribution in [0, 0.1) is 6.92 Å². The molecule has 0 bridgehead atoms. The monoisotopic (exact) mass is 284 g/mol. The molecule has 0 saturated heterocycles. The van der Waals surface area contributed by atoms with Gasteiger partial charge in [-0.1, -0.05) is 66.2 Å². The van der Waals surface area contributed by atoms with Crippen LogP contribution in [0.2, 0.25) is 0 Å². The van der Waals surface area contributed by atoms with Gasteiger partial charge in [0.25, 0.3) is 0 Å². The van der Waals surface area contributed by atoms with Gasteiger partial charge in [-0.3, -0.25) is 4.79 Å². The van der Waals surface area contributed by atoms with Crippen molar-refractivity contribution in [2.75, 3.05) is 0 Å². The molecular weight excluding hydrogens is 260 g/mol. The van der Waals surface area contributed by atoms with E-state index in [1.54, 1.807) is 0 Å². The summed E-state index contributed by atoms with van der Waals surface area (Å²) >= 11 is 0. The van der Waals surface area contributed by atoms with E-state index in [1.165, 1.54) is 18.1 Å². The van der Waals surface area contributed by atoms with Gasteiger partial charge in [-0.05, 0) is 26.3 Å². The third kappa shape index (κ3) is 7.93. The fourth-order valence-corrected chi connectivity index (χ4v) is 2.05. The summed E-state index contributed by atoms with van der Waals surface area (Å²) in [5, 5.41) is 0. The Morgan fingerprint density at radius 3 is 1.81 bits per heavy atom. The van der Waals surface area contributed by atoms with Crippen molar-refractivity contribution >= 4 is 5.97 Å². The van der Waals surface area contributed by atoms with Crippen molar-refractivity contribution in [1.29, 1.82) is 0 Å². The molecule has 2 rings (SSSR count). The molecule has 0 fully saturated rings. The van der Waals surface area contributed by atoms with Gasteiger partial charge in [0.15, 0.2) is 0 Å². The molecule has 0 aliphatic heterocycles. The summed E-state index contributed by atoms with van der Waals surface area (Å²) in [6.07, 6.45) is 0.743. The Hall–Kier alpha value is -2.09. The van der Waals surface area contributed by atoms with Crippen LogP contribution in [0.1, 0.15) is 31.9 Å². The molecule has 0 unspecified atom stereocenters. The Kier molecular flexibility index (Phi) is 6.67. The molecule has 0 heterocycles. The van der Waals surface area contributed by atoms with E-state index < -0.39 is 5.60 Å². The smallest absolute Gasteiger partial charge is 0.303 e. The number of rotatable bonds is 3. The number of aryl methyl sites for hydroxylation is 1. The predicted molar refractivity (Wildman–Crippen MR) is 87.2 cm³/mol. The molecule has 2 nitrogen and oxygen atoms in total. The second kappa shape index (κ2) is 8.25. The summed E-state index contributed by atoms with van der Waals surface area (Å²) in [5.41, 5.74) is 2.08. The van der Waals surface area contributed by atoms with Crippen LogP contribution in [0.4, 0.5) is 0 Å². The predicted octanol–water partition coefficient (Wildman–Crippen LogP) is 4.57. The number of ether oxygens (including phenoxy) is 1. The maximum absolute atomic E-state index is 10.8. The van der Waals surface area contributed by atoms with Gasteiger partial charge in [0.2, 0.25) is 0 Å². The van der Waals surface area contributed by atoms with Gasteiger partial charge >= 0.3 is 5.97 Å². The average molecular weight is 284 g/mol. The van der Waals surface area contributed by atoms with E-state index >= 15 is 0 Å². The SMILES string of the molecule is CC(=O)OC(C)(C)Cc1ccccc1.Cc1ccccc1. The number of benzene rings is 2. The van der Waals surface area contributed by atoms with Crippen molar-refractivity contribution in [3.05, 3.63) is 71.8 Å².